The van der Waals surface area contributed by atoms with Gasteiger partial charge in [-0.05, 0) is 18.8 Å². The molecule has 1 aliphatic carbocycles. The van der Waals surface area contributed by atoms with Crippen molar-refractivity contribution in [3.05, 3.63) is 0 Å². The molecule has 0 aromatic rings. The quantitative estimate of drug-likeness (QED) is 0.561. The summed E-state index contributed by atoms with van der Waals surface area (Å²) in [7, 11) is 0. The van der Waals surface area contributed by atoms with E-state index in [9.17, 15) is 13.2 Å². The first-order valence-corrected chi connectivity index (χ1v) is 4.05. The van der Waals surface area contributed by atoms with E-state index in [-0.39, 0.29) is 5.92 Å². The minimum atomic E-state index is -2.48. The molecule has 1 rings (SSSR count). The Bertz CT molecular complexity index is 125. The number of hydrogen-bond donors (Lipinski definition) is 0. The van der Waals surface area contributed by atoms with Crippen molar-refractivity contribution in [1.29, 1.82) is 0 Å². The second kappa shape index (κ2) is 3.46. The molecule has 0 aliphatic heterocycles. The van der Waals surface area contributed by atoms with E-state index in [2.05, 4.69) is 0 Å². The molecule has 0 nitrogen and oxygen atoms in total. The molecule has 0 saturated heterocycles. The first kappa shape index (κ1) is 8.88. The van der Waals surface area contributed by atoms with Crippen molar-refractivity contribution in [3.63, 3.8) is 0 Å². The van der Waals surface area contributed by atoms with Gasteiger partial charge in [-0.25, -0.2) is 13.2 Å². The molecule has 11 heavy (non-hydrogen) atoms. The molecule has 1 aliphatic rings. The van der Waals surface area contributed by atoms with Crippen LogP contribution in [0.4, 0.5) is 13.2 Å². The third-order valence-electron chi connectivity index (χ3n) is 2.47. The van der Waals surface area contributed by atoms with Crippen LogP contribution in [0.2, 0.25) is 0 Å². The van der Waals surface area contributed by atoms with Crippen LogP contribution in [0, 0.1) is 11.8 Å². The van der Waals surface area contributed by atoms with E-state index in [1.54, 1.807) is 6.92 Å². The highest BCUT2D eigenvalue weighted by Crippen LogP contribution is 2.34. The zero-order valence-corrected chi connectivity index (χ0v) is 6.56. The third-order valence-corrected chi connectivity index (χ3v) is 2.47. The summed E-state index contributed by atoms with van der Waals surface area (Å²) in [6, 6.07) is 0. The van der Waals surface area contributed by atoms with Crippen molar-refractivity contribution in [2.24, 2.45) is 11.8 Å². The van der Waals surface area contributed by atoms with Gasteiger partial charge in [-0.3, -0.25) is 0 Å². The Kier molecular flexibility index (Phi) is 2.79. The fourth-order valence-corrected chi connectivity index (χ4v) is 1.68. The van der Waals surface area contributed by atoms with Gasteiger partial charge >= 0.3 is 0 Å². The number of alkyl halides is 3. The van der Waals surface area contributed by atoms with E-state index >= 15 is 0 Å². The van der Waals surface area contributed by atoms with Gasteiger partial charge in [-0.15, -0.1) is 0 Å². The first-order valence-electron chi connectivity index (χ1n) is 4.05. The van der Waals surface area contributed by atoms with Gasteiger partial charge in [0.2, 0.25) is 6.43 Å². The summed E-state index contributed by atoms with van der Waals surface area (Å²) in [5.41, 5.74) is 0. The van der Waals surface area contributed by atoms with Gasteiger partial charge < -0.3 is 0 Å². The Morgan fingerprint density at radius 1 is 1.27 bits per heavy atom. The summed E-state index contributed by atoms with van der Waals surface area (Å²) in [6.07, 6.45) is -1.92. The predicted octanol–water partition coefficient (Wildman–Crippen LogP) is 3.03. The van der Waals surface area contributed by atoms with Crippen LogP contribution in [0.3, 0.4) is 0 Å². The molecule has 3 unspecified atom stereocenters. The Labute approximate surface area is 64.8 Å². The van der Waals surface area contributed by atoms with Crippen LogP contribution in [0.15, 0.2) is 0 Å². The fourth-order valence-electron chi connectivity index (χ4n) is 1.68. The second-order valence-corrected chi connectivity index (χ2v) is 3.35. The van der Waals surface area contributed by atoms with Gasteiger partial charge in [-0.2, -0.15) is 0 Å². The highest BCUT2D eigenvalue weighted by Gasteiger charge is 2.36. The molecule has 0 spiro atoms. The molecule has 1 saturated carbocycles. The van der Waals surface area contributed by atoms with Gasteiger partial charge in [-0.1, -0.05) is 13.3 Å². The molecule has 66 valence electrons. The monoisotopic (exact) mass is 166 g/mol. The second-order valence-electron chi connectivity index (χ2n) is 3.35. The van der Waals surface area contributed by atoms with Crippen LogP contribution in [-0.2, 0) is 0 Å². The maximum Gasteiger partial charge on any atom is 0.244 e. The number of halogens is 3. The summed E-state index contributed by atoms with van der Waals surface area (Å²) in [4.78, 5) is 0. The number of hydrogen-bond acceptors (Lipinski definition) is 0. The minimum absolute atomic E-state index is 0.178. The molecule has 0 aromatic heterocycles. The van der Waals surface area contributed by atoms with Crippen LogP contribution in [0.25, 0.3) is 0 Å². The molecule has 0 radical (unpaired) electrons. The van der Waals surface area contributed by atoms with Crippen molar-refractivity contribution in [1.82, 2.24) is 0 Å². The summed E-state index contributed by atoms with van der Waals surface area (Å²) < 4.78 is 37.2. The molecular formula is C8H13F3. The highest BCUT2D eigenvalue weighted by atomic mass is 19.3. The smallest absolute Gasteiger partial charge is 0.244 e. The average molecular weight is 166 g/mol. The predicted molar refractivity (Wildman–Crippen MR) is 37.4 cm³/mol. The van der Waals surface area contributed by atoms with E-state index in [4.69, 9.17) is 0 Å². The SMILES string of the molecule is CC1CCCC(C(F)F)C1F. The minimum Gasteiger partial charge on any atom is -0.247 e. The van der Waals surface area contributed by atoms with Gasteiger partial charge in [0.15, 0.2) is 0 Å². The summed E-state index contributed by atoms with van der Waals surface area (Å²) in [6.45, 7) is 1.71. The Morgan fingerprint density at radius 3 is 2.36 bits per heavy atom. The summed E-state index contributed by atoms with van der Waals surface area (Å²) in [5, 5.41) is 0. The maximum absolute atomic E-state index is 13.0. The van der Waals surface area contributed by atoms with E-state index < -0.39 is 18.5 Å². The van der Waals surface area contributed by atoms with Crippen molar-refractivity contribution < 1.29 is 13.2 Å². The van der Waals surface area contributed by atoms with Gasteiger partial charge in [0.05, 0.1) is 5.92 Å². The van der Waals surface area contributed by atoms with Crippen LogP contribution in [-0.4, -0.2) is 12.6 Å². The van der Waals surface area contributed by atoms with Crippen molar-refractivity contribution in [2.75, 3.05) is 0 Å². The lowest BCUT2D eigenvalue weighted by Crippen LogP contribution is -2.32. The molecule has 0 amide bonds. The van der Waals surface area contributed by atoms with E-state index in [0.29, 0.717) is 6.42 Å². The van der Waals surface area contributed by atoms with Gasteiger partial charge in [0.1, 0.15) is 6.17 Å². The van der Waals surface area contributed by atoms with E-state index in [1.807, 2.05) is 0 Å². The summed E-state index contributed by atoms with van der Waals surface area (Å²) >= 11 is 0. The largest absolute Gasteiger partial charge is 0.247 e. The van der Waals surface area contributed by atoms with Crippen molar-refractivity contribution >= 4 is 0 Å². The maximum atomic E-state index is 13.0. The lowest BCUT2D eigenvalue weighted by atomic mass is 9.81. The zero-order chi connectivity index (χ0) is 8.43. The first-order chi connectivity index (χ1) is 5.13. The molecule has 3 atom stereocenters. The Hall–Kier alpha value is -0.210. The van der Waals surface area contributed by atoms with Gasteiger partial charge in [0, 0.05) is 0 Å². The standard InChI is InChI=1S/C8H13F3/c1-5-3-2-4-6(7(5)9)8(10)11/h5-8H,2-4H2,1H3. The van der Waals surface area contributed by atoms with Crippen molar-refractivity contribution in [2.45, 2.75) is 38.8 Å². The van der Waals surface area contributed by atoms with E-state index in [1.165, 1.54) is 0 Å². The Morgan fingerprint density at radius 2 is 1.91 bits per heavy atom. The van der Waals surface area contributed by atoms with Crippen LogP contribution in [0.5, 0.6) is 0 Å². The Balaban J connectivity index is 2.51. The highest BCUT2D eigenvalue weighted by molar-refractivity contribution is 4.81. The zero-order valence-electron chi connectivity index (χ0n) is 6.56. The van der Waals surface area contributed by atoms with E-state index in [0.717, 1.165) is 12.8 Å². The molecule has 0 aromatic carbocycles. The van der Waals surface area contributed by atoms with Crippen LogP contribution in [0.1, 0.15) is 26.2 Å². The molecular weight excluding hydrogens is 153 g/mol. The van der Waals surface area contributed by atoms with Gasteiger partial charge in [0.25, 0.3) is 0 Å². The third kappa shape index (κ3) is 1.88. The number of rotatable bonds is 1. The molecule has 0 heterocycles. The molecule has 1 fully saturated rings. The normalized spacial score (nSPS) is 39.5. The van der Waals surface area contributed by atoms with Crippen LogP contribution >= 0.6 is 0 Å². The topological polar surface area (TPSA) is 0 Å². The van der Waals surface area contributed by atoms with Crippen LogP contribution < -0.4 is 0 Å². The lowest BCUT2D eigenvalue weighted by Gasteiger charge is -2.30. The molecule has 0 bridgehead atoms. The average Bonchev–Trinajstić information content (AvgIpc) is 1.94. The summed E-state index contributed by atoms with van der Waals surface area (Å²) in [5.74, 6) is -1.18. The van der Waals surface area contributed by atoms with Crippen molar-refractivity contribution in [3.8, 4) is 0 Å². The molecule has 0 N–H and O–H groups in total. The lowest BCUT2D eigenvalue weighted by molar-refractivity contribution is -0.0143. The molecule has 3 heteroatoms. The fraction of sp³-hybridized carbons (Fsp3) is 1.00.